The lowest BCUT2D eigenvalue weighted by Gasteiger charge is -2.08. The maximum absolute atomic E-state index is 12.0. The van der Waals surface area contributed by atoms with Crippen molar-refractivity contribution in [2.75, 3.05) is 0 Å². The summed E-state index contributed by atoms with van der Waals surface area (Å²) in [6, 6.07) is 12.7. The minimum atomic E-state index is -0.601. The van der Waals surface area contributed by atoms with Gasteiger partial charge in [-0.05, 0) is 49.1 Å². The molecule has 5 nitrogen and oxygen atoms in total. The molecule has 5 heteroatoms. The lowest BCUT2D eigenvalue weighted by atomic mass is 10.0. The van der Waals surface area contributed by atoms with Crippen LogP contribution >= 0.6 is 0 Å². The van der Waals surface area contributed by atoms with Crippen LogP contribution in [0.15, 0.2) is 51.9 Å². The molecule has 0 saturated carbocycles. The van der Waals surface area contributed by atoms with E-state index in [2.05, 4.69) is 11.9 Å². The van der Waals surface area contributed by atoms with Gasteiger partial charge in [-0.15, -0.1) is 0 Å². The van der Waals surface area contributed by atoms with Crippen LogP contribution in [0.5, 0.6) is 5.75 Å². The number of primary amides is 1. The van der Waals surface area contributed by atoms with Gasteiger partial charge in [-0.25, -0.2) is 4.99 Å². The van der Waals surface area contributed by atoms with Crippen LogP contribution in [-0.2, 0) is 6.42 Å². The van der Waals surface area contributed by atoms with Crippen molar-refractivity contribution in [2.24, 2.45) is 10.7 Å². The predicted molar refractivity (Wildman–Crippen MR) is 111 cm³/mol. The van der Waals surface area contributed by atoms with E-state index in [0.717, 1.165) is 42.2 Å². The topological polar surface area (TPSA) is 88.8 Å². The summed E-state index contributed by atoms with van der Waals surface area (Å²) in [5, 5.41) is 11.1. The molecular weight excluding hydrogens is 352 g/mol. The molecule has 3 rings (SSSR count). The highest BCUT2D eigenvalue weighted by atomic mass is 16.3. The lowest BCUT2D eigenvalue weighted by Crippen LogP contribution is -2.21. The van der Waals surface area contributed by atoms with Gasteiger partial charge in [-0.1, -0.05) is 44.4 Å². The number of nitrogens with two attached hydrogens (primary N) is 1. The summed E-state index contributed by atoms with van der Waals surface area (Å²) in [7, 11) is 0. The summed E-state index contributed by atoms with van der Waals surface area (Å²) >= 11 is 0. The third-order valence-corrected chi connectivity index (χ3v) is 4.85. The molecule has 0 aliphatic heterocycles. The van der Waals surface area contributed by atoms with Crippen molar-refractivity contribution in [1.82, 2.24) is 0 Å². The van der Waals surface area contributed by atoms with Crippen molar-refractivity contribution in [3.63, 3.8) is 0 Å². The lowest BCUT2D eigenvalue weighted by molar-refractivity contribution is 0.0996. The van der Waals surface area contributed by atoms with Gasteiger partial charge >= 0.3 is 0 Å². The van der Waals surface area contributed by atoms with E-state index in [-0.39, 0.29) is 16.9 Å². The summed E-state index contributed by atoms with van der Waals surface area (Å²) in [6.07, 6.45) is 5.26. The van der Waals surface area contributed by atoms with E-state index in [9.17, 15) is 9.90 Å². The normalized spacial score (nSPS) is 11.9. The quantitative estimate of drug-likeness (QED) is 0.573. The monoisotopic (exact) mass is 378 g/mol. The van der Waals surface area contributed by atoms with Crippen LogP contribution in [0, 0.1) is 6.92 Å². The number of hydrogen-bond acceptors (Lipinski definition) is 4. The molecule has 1 amide bonds. The van der Waals surface area contributed by atoms with Crippen molar-refractivity contribution < 1.29 is 14.3 Å². The molecule has 1 heterocycles. The van der Waals surface area contributed by atoms with Gasteiger partial charge in [0.1, 0.15) is 16.9 Å². The fourth-order valence-corrected chi connectivity index (χ4v) is 3.21. The van der Waals surface area contributed by atoms with Crippen LogP contribution in [0.25, 0.3) is 11.0 Å². The van der Waals surface area contributed by atoms with Crippen molar-refractivity contribution in [2.45, 2.75) is 46.0 Å². The standard InChI is InChI=1S/C23H26N2O3/c1-3-4-5-6-10-16-12-17-13-18(22(24)27)23(28-21(17)14-20(16)26)25-19-11-8-7-9-15(19)2/h7-9,11-14,26H,3-6,10H2,1-2H3,(H2,24,27). The zero-order valence-corrected chi connectivity index (χ0v) is 16.4. The van der Waals surface area contributed by atoms with E-state index in [1.165, 1.54) is 6.42 Å². The second kappa shape index (κ2) is 8.74. The minimum Gasteiger partial charge on any atom is -0.508 e. The van der Waals surface area contributed by atoms with Gasteiger partial charge in [0.25, 0.3) is 5.91 Å². The van der Waals surface area contributed by atoms with Gasteiger partial charge in [0.15, 0.2) is 0 Å². The van der Waals surface area contributed by atoms with Crippen LogP contribution in [-0.4, -0.2) is 11.0 Å². The first kappa shape index (κ1) is 19.7. The molecule has 3 N–H and O–H groups in total. The molecule has 0 fully saturated rings. The van der Waals surface area contributed by atoms with Crippen LogP contribution in [0.2, 0.25) is 0 Å². The van der Waals surface area contributed by atoms with E-state index in [1.807, 2.05) is 37.3 Å². The van der Waals surface area contributed by atoms with Crippen LogP contribution in [0.1, 0.15) is 54.1 Å². The van der Waals surface area contributed by atoms with Crippen molar-refractivity contribution in [3.8, 4) is 5.75 Å². The predicted octanol–water partition coefficient (Wildman–Crippen LogP) is 4.90. The Morgan fingerprint density at radius 2 is 1.93 bits per heavy atom. The van der Waals surface area contributed by atoms with E-state index in [1.54, 1.807) is 12.1 Å². The molecular formula is C23H26N2O3. The smallest absolute Gasteiger partial charge is 0.254 e. The van der Waals surface area contributed by atoms with Gasteiger partial charge in [-0.2, -0.15) is 0 Å². The zero-order valence-electron chi connectivity index (χ0n) is 16.4. The molecule has 0 spiro atoms. The molecule has 2 aromatic carbocycles. The number of rotatable bonds is 7. The minimum absolute atomic E-state index is 0.143. The number of para-hydroxylation sites is 1. The Morgan fingerprint density at radius 3 is 2.64 bits per heavy atom. The Hall–Kier alpha value is -3.08. The summed E-state index contributed by atoms with van der Waals surface area (Å²) in [5.41, 5.74) is 8.90. The average Bonchev–Trinajstić information content (AvgIpc) is 2.67. The van der Waals surface area contributed by atoms with Crippen LogP contribution in [0.3, 0.4) is 0 Å². The molecule has 0 unspecified atom stereocenters. The number of carbonyl (C=O) groups excluding carboxylic acids is 1. The fraction of sp³-hybridized carbons (Fsp3) is 0.304. The van der Waals surface area contributed by atoms with E-state index < -0.39 is 5.91 Å². The molecule has 1 aromatic heterocycles. The number of aromatic hydroxyl groups is 1. The largest absolute Gasteiger partial charge is 0.508 e. The number of benzene rings is 2. The zero-order chi connectivity index (χ0) is 20.1. The summed E-state index contributed by atoms with van der Waals surface area (Å²) in [5.74, 6) is -0.406. The maximum Gasteiger partial charge on any atom is 0.254 e. The van der Waals surface area contributed by atoms with Gasteiger partial charge in [0, 0.05) is 11.5 Å². The number of aryl methyl sites for hydroxylation is 2. The molecule has 3 aromatic rings. The number of amides is 1. The number of carbonyl (C=O) groups is 1. The fourth-order valence-electron chi connectivity index (χ4n) is 3.21. The Morgan fingerprint density at radius 1 is 1.14 bits per heavy atom. The Balaban J connectivity index is 2.08. The summed E-state index contributed by atoms with van der Waals surface area (Å²) < 4.78 is 5.86. The van der Waals surface area contributed by atoms with Gasteiger partial charge in [-0.3, -0.25) is 4.79 Å². The molecule has 0 radical (unpaired) electrons. The number of hydrogen-bond donors (Lipinski definition) is 2. The van der Waals surface area contributed by atoms with Gasteiger partial charge < -0.3 is 15.3 Å². The number of nitrogens with zero attached hydrogens (tertiary/aromatic N) is 1. The van der Waals surface area contributed by atoms with E-state index >= 15 is 0 Å². The number of phenols is 1. The molecule has 0 aliphatic rings. The van der Waals surface area contributed by atoms with E-state index in [0.29, 0.717) is 11.3 Å². The van der Waals surface area contributed by atoms with Gasteiger partial charge in [0.2, 0.25) is 5.55 Å². The first-order valence-electron chi connectivity index (χ1n) is 9.69. The molecule has 0 aliphatic carbocycles. The highest BCUT2D eigenvalue weighted by Gasteiger charge is 2.12. The van der Waals surface area contributed by atoms with Crippen molar-refractivity contribution in [3.05, 3.63) is 64.7 Å². The molecule has 0 saturated heterocycles. The molecule has 28 heavy (non-hydrogen) atoms. The molecule has 146 valence electrons. The maximum atomic E-state index is 12.0. The summed E-state index contributed by atoms with van der Waals surface area (Å²) in [6.45, 7) is 4.10. The molecule has 0 atom stereocenters. The highest BCUT2D eigenvalue weighted by Crippen LogP contribution is 2.27. The van der Waals surface area contributed by atoms with Gasteiger partial charge in [0.05, 0.1) is 5.69 Å². The highest BCUT2D eigenvalue weighted by molar-refractivity contribution is 5.95. The number of unbranched alkanes of at least 4 members (excludes halogenated alkanes) is 3. The van der Waals surface area contributed by atoms with Crippen LogP contribution in [0.4, 0.5) is 5.69 Å². The number of fused-ring (bicyclic) bond motifs is 1. The third kappa shape index (κ3) is 4.42. The Bertz CT molecular complexity index is 1070. The second-order valence-corrected chi connectivity index (χ2v) is 7.06. The SMILES string of the molecule is CCCCCCc1cc2cc(C(N)=O)c(=Nc3ccccc3C)oc2cc1O. The average molecular weight is 378 g/mol. The Kier molecular flexibility index (Phi) is 6.14. The Labute approximate surface area is 164 Å². The third-order valence-electron chi connectivity index (χ3n) is 4.85. The van der Waals surface area contributed by atoms with Crippen molar-refractivity contribution >= 4 is 22.6 Å². The first-order valence-corrected chi connectivity index (χ1v) is 9.69. The molecule has 0 bridgehead atoms. The number of phenolic OH excluding ortho intramolecular Hbond substituents is 1. The van der Waals surface area contributed by atoms with Crippen molar-refractivity contribution in [1.29, 1.82) is 0 Å². The first-order chi connectivity index (χ1) is 13.5. The summed E-state index contributed by atoms with van der Waals surface area (Å²) in [4.78, 5) is 16.5. The second-order valence-electron chi connectivity index (χ2n) is 7.06. The van der Waals surface area contributed by atoms with E-state index in [4.69, 9.17) is 10.2 Å². The van der Waals surface area contributed by atoms with Crippen LogP contribution < -0.4 is 11.3 Å².